The van der Waals surface area contributed by atoms with Gasteiger partial charge in [0, 0.05) is 42.9 Å². The summed E-state index contributed by atoms with van der Waals surface area (Å²) in [5.74, 6) is 2.09. The molecule has 0 unspecified atom stereocenters. The fourth-order valence-electron chi connectivity index (χ4n) is 2.52. The van der Waals surface area contributed by atoms with Gasteiger partial charge in [-0.25, -0.2) is 0 Å². The molecule has 0 saturated carbocycles. The first-order valence-electron chi connectivity index (χ1n) is 9.32. The van der Waals surface area contributed by atoms with Crippen molar-refractivity contribution in [3.8, 4) is 17.1 Å². The van der Waals surface area contributed by atoms with Crippen molar-refractivity contribution in [1.82, 2.24) is 20.4 Å². The highest BCUT2D eigenvalue weighted by molar-refractivity contribution is 5.76. The highest BCUT2D eigenvalue weighted by Gasteiger charge is 2.11. The van der Waals surface area contributed by atoms with E-state index in [0.29, 0.717) is 37.2 Å². The maximum atomic E-state index is 12.2. The molecule has 2 aromatic heterocycles. The van der Waals surface area contributed by atoms with E-state index in [1.165, 1.54) is 0 Å². The minimum Gasteiger partial charge on any atom is -0.493 e. The molecule has 146 valence electrons. The standard InChI is InChI=1S/C21H24N4O3/c1-15(2)14-27-18-6-4-3-5-17(18)13-23-19(26)7-8-20-24-21(25-28-20)16-9-11-22-12-10-16/h3-6,9-12,15H,7-8,13-14H2,1-2H3,(H,23,26). The van der Waals surface area contributed by atoms with Crippen LogP contribution in [0.4, 0.5) is 0 Å². The largest absolute Gasteiger partial charge is 0.493 e. The second-order valence-electron chi connectivity index (χ2n) is 6.84. The van der Waals surface area contributed by atoms with Gasteiger partial charge in [-0.2, -0.15) is 4.98 Å². The Balaban J connectivity index is 1.49. The van der Waals surface area contributed by atoms with Gasteiger partial charge in [0.05, 0.1) is 6.61 Å². The van der Waals surface area contributed by atoms with Crippen LogP contribution in [0.2, 0.25) is 0 Å². The van der Waals surface area contributed by atoms with E-state index in [1.54, 1.807) is 24.5 Å². The Morgan fingerprint density at radius 2 is 1.96 bits per heavy atom. The number of carbonyl (C=O) groups is 1. The van der Waals surface area contributed by atoms with E-state index in [1.807, 2.05) is 24.3 Å². The Morgan fingerprint density at radius 1 is 1.18 bits per heavy atom. The van der Waals surface area contributed by atoms with Crippen LogP contribution in [0.15, 0.2) is 53.3 Å². The van der Waals surface area contributed by atoms with Crippen molar-refractivity contribution in [3.63, 3.8) is 0 Å². The number of amides is 1. The third-order valence-corrected chi connectivity index (χ3v) is 3.99. The summed E-state index contributed by atoms with van der Waals surface area (Å²) in [6, 6.07) is 11.3. The number of nitrogens with zero attached hydrogens (tertiary/aromatic N) is 3. The van der Waals surface area contributed by atoms with Gasteiger partial charge >= 0.3 is 0 Å². The molecule has 0 saturated heterocycles. The minimum atomic E-state index is -0.0812. The summed E-state index contributed by atoms with van der Waals surface area (Å²) < 4.78 is 11.0. The Bertz CT molecular complexity index is 893. The number of rotatable bonds is 9. The second kappa shape index (κ2) is 9.64. The third-order valence-electron chi connectivity index (χ3n) is 3.99. The topological polar surface area (TPSA) is 90.1 Å². The number of hydrogen-bond acceptors (Lipinski definition) is 6. The van der Waals surface area contributed by atoms with Crippen LogP contribution in [0, 0.1) is 5.92 Å². The molecule has 0 spiro atoms. The minimum absolute atomic E-state index is 0.0812. The van der Waals surface area contributed by atoms with Gasteiger partial charge in [0.15, 0.2) is 0 Å². The molecule has 0 aliphatic heterocycles. The van der Waals surface area contributed by atoms with Gasteiger partial charge in [0.1, 0.15) is 5.75 Å². The zero-order valence-electron chi connectivity index (χ0n) is 16.1. The number of aryl methyl sites for hydroxylation is 1. The smallest absolute Gasteiger partial charge is 0.227 e. The fraction of sp³-hybridized carbons (Fsp3) is 0.333. The molecular weight excluding hydrogens is 356 g/mol. The van der Waals surface area contributed by atoms with Crippen molar-refractivity contribution < 1.29 is 14.1 Å². The lowest BCUT2D eigenvalue weighted by atomic mass is 10.2. The highest BCUT2D eigenvalue weighted by Crippen LogP contribution is 2.19. The number of hydrogen-bond donors (Lipinski definition) is 1. The molecule has 2 heterocycles. The molecule has 0 atom stereocenters. The van der Waals surface area contributed by atoms with Crippen LogP contribution >= 0.6 is 0 Å². The van der Waals surface area contributed by atoms with Gasteiger partial charge in [-0.3, -0.25) is 9.78 Å². The first-order valence-corrected chi connectivity index (χ1v) is 9.32. The summed E-state index contributed by atoms with van der Waals surface area (Å²) in [6.07, 6.45) is 3.99. The van der Waals surface area contributed by atoms with E-state index < -0.39 is 0 Å². The monoisotopic (exact) mass is 380 g/mol. The van der Waals surface area contributed by atoms with Crippen LogP contribution in [0.25, 0.3) is 11.4 Å². The fourth-order valence-corrected chi connectivity index (χ4v) is 2.52. The molecule has 1 amide bonds. The average Bonchev–Trinajstić information content (AvgIpc) is 3.19. The quantitative estimate of drug-likeness (QED) is 0.612. The van der Waals surface area contributed by atoms with Crippen LogP contribution in [0.5, 0.6) is 5.75 Å². The summed E-state index contributed by atoms with van der Waals surface area (Å²) in [5.41, 5.74) is 1.78. The van der Waals surface area contributed by atoms with Crippen molar-refractivity contribution >= 4 is 5.91 Å². The van der Waals surface area contributed by atoms with E-state index in [0.717, 1.165) is 16.9 Å². The lowest BCUT2D eigenvalue weighted by molar-refractivity contribution is -0.121. The van der Waals surface area contributed by atoms with E-state index in [4.69, 9.17) is 9.26 Å². The van der Waals surface area contributed by atoms with E-state index in [9.17, 15) is 4.79 Å². The normalized spacial score (nSPS) is 10.8. The number of para-hydroxylation sites is 1. The lowest BCUT2D eigenvalue weighted by Gasteiger charge is -2.13. The molecule has 1 N–H and O–H groups in total. The zero-order valence-corrected chi connectivity index (χ0v) is 16.1. The van der Waals surface area contributed by atoms with Gasteiger partial charge in [-0.15, -0.1) is 0 Å². The Labute approximate surface area is 164 Å². The van der Waals surface area contributed by atoms with E-state index >= 15 is 0 Å². The summed E-state index contributed by atoms with van der Waals surface area (Å²) in [6.45, 7) is 5.26. The predicted octanol–water partition coefficient (Wildman–Crippen LogP) is 3.42. The number of pyridine rings is 1. The molecule has 3 aromatic rings. The maximum absolute atomic E-state index is 12.2. The number of carbonyl (C=O) groups excluding carboxylic acids is 1. The number of nitrogens with one attached hydrogen (secondary N) is 1. The molecule has 28 heavy (non-hydrogen) atoms. The number of aromatic nitrogens is 3. The average molecular weight is 380 g/mol. The van der Waals surface area contributed by atoms with Crippen LogP contribution in [-0.4, -0.2) is 27.6 Å². The number of benzene rings is 1. The van der Waals surface area contributed by atoms with Gasteiger partial charge in [-0.1, -0.05) is 37.2 Å². The highest BCUT2D eigenvalue weighted by atomic mass is 16.5. The van der Waals surface area contributed by atoms with Crippen LogP contribution in [0.3, 0.4) is 0 Å². The van der Waals surface area contributed by atoms with E-state index in [-0.39, 0.29) is 12.3 Å². The van der Waals surface area contributed by atoms with Crippen molar-refractivity contribution in [3.05, 3.63) is 60.2 Å². The predicted molar refractivity (Wildman–Crippen MR) is 104 cm³/mol. The molecule has 0 radical (unpaired) electrons. The summed E-state index contributed by atoms with van der Waals surface area (Å²) >= 11 is 0. The Hall–Kier alpha value is -3.22. The van der Waals surface area contributed by atoms with Gasteiger partial charge < -0.3 is 14.6 Å². The third kappa shape index (κ3) is 5.64. The summed E-state index contributed by atoms with van der Waals surface area (Å²) in [5, 5.41) is 6.86. The van der Waals surface area contributed by atoms with Crippen LogP contribution < -0.4 is 10.1 Å². The van der Waals surface area contributed by atoms with Crippen molar-refractivity contribution in [2.24, 2.45) is 5.92 Å². The van der Waals surface area contributed by atoms with Crippen LogP contribution in [-0.2, 0) is 17.8 Å². The molecule has 0 aliphatic rings. The molecule has 7 nitrogen and oxygen atoms in total. The first kappa shape index (κ1) is 19.5. The molecule has 1 aromatic carbocycles. The second-order valence-corrected chi connectivity index (χ2v) is 6.84. The summed E-state index contributed by atoms with van der Waals surface area (Å²) in [7, 11) is 0. The molecule has 0 aliphatic carbocycles. The van der Waals surface area contributed by atoms with Gasteiger partial charge in [-0.05, 0) is 24.1 Å². The zero-order chi connectivity index (χ0) is 19.8. The van der Waals surface area contributed by atoms with Crippen molar-refractivity contribution in [2.75, 3.05) is 6.61 Å². The van der Waals surface area contributed by atoms with Gasteiger partial charge in [0.2, 0.25) is 17.6 Å². The molecule has 0 fully saturated rings. The molecule has 3 rings (SSSR count). The summed E-state index contributed by atoms with van der Waals surface area (Å²) in [4.78, 5) is 20.5. The Morgan fingerprint density at radius 3 is 2.75 bits per heavy atom. The molecule has 0 bridgehead atoms. The SMILES string of the molecule is CC(C)COc1ccccc1CNC(=O)CCc1nc(-c2ccncc2)no1. The first-order chi connectivity index (χ1) is 13.6. The van der Waals surface area contributed by atoms with E-state index in [2.05, 4.69) is 34.3 Å². The molecule has 7 heteroatoms. The lowest BCUT2D eigenvalue weighted by Crippen LogP contribution is -2.23. The Kier molecular flexibility index (Phi) is 6.73. The maximum Gasteiger partial charge on any atom is 0.227 e. The van der Waals surface area contributed by atoms with Crippen molar-refractivity contribution in [1.29, 1.82) is 0 Å². The molecular formula is C21H24N4O3. The van der Waals surface area contributed by atoms with Crippen LogP contribution in [0.1, 0.15) is 31.7 Å². The number of ether oxygens (including phenoxy) is 1. The van der Waals surface area contributed by atoms with Gasteiger partial charge in [0.25, 0.3) is 0 Å². The van der Waals surface area contributed by atoms with Crippen molar-refractivity contribution in [2.45, 2.75) is 33.2 Å².